The molecule has 0 aliphatic rings. The number of benzene rings is 1. The molecule has 0 spiro atoms. The van der Waals surface area contributed by atoms with Crippen molar-refractivity contribution in [2.45, 2.75) is 39.5 Å². The minimum absolute atomic E-state index is 0.00478. The van der Waals surface area contributed by atoms with Crippen LogP contribution in [0.2, 0.25) is 0 Å². The quantitative estimate of drug-likeness (QED) is 0.793. The van der Waals surface area contributed by atoms with E-state index in [0.29, 0.717) is 18.4 Å². The smallest absolute Gasteiger partial charge is 0.240 e. The lowest BCUT2D eigenvalue weighted by molar-refractivity contribution is 0.289. The van der Waals surface area contributed by atoms with E-state index in [4.69, 9.17) is 5.73 Å². The maximum atomic E-state index is 13.5. The summed E-state index contributed by atoms with van der Waals surface area (Å²) in [5.41, 5.74) is 5.57. The molecule has 0 aliphatic carbocycles. The van der Waals surface area contributed by atoms with Gasteiger partial charge in [0.05, 0.1) is 10.6 Å². The molecular weight excluding hydrogens is 291 g/mol. The van der Waals surface area contributed by atoms with Crippen molar-refractivity contribution in [3.05, 3.63) is 23.5 Å². The summed E-state index contributed by atoms with van der Waals surface area (Å²) in [4.78, 5) is 0.00478. The van der Waals surface area contributed by atoms with E-state index in [9.17, 15) is 12.8 Å². The minimum atomic E-state index is -3.68. The summed E-state index contributed by atoms with van der Waals surface area (Å²) in [6.07, 6.45) is 0. The molecule has 0 atom stereocenters. The molecule has 21 heavy (non-hydrogen) atoms. The molecule has 120 valence electrons. The molecule has 0 bridgehead atoms. The number of halogens is 1. The third-order valence-corrected chi connectivity index (χ3v) is 5.19. The van der Waals surface area contributed by atoms with Crippen LogP contribution in [0.4, 0.5) is 10.1 Å². The zero-order valence-corrected chi connectivity index (χ0v) is 14.1. The van der Waals surface area contributed by atoms with E-state index in [1.807, 2.05) is 0 Å². The molecule has 4 nitrogen and oxygen atoms in total. The van der Waals surface area contributed by atoms with E-state index in [1.54, 1.807) is 0 Å². The highest BCUT2D eigenvalue weighted by atomic mass is 32.2. The van der Waals surface area contributed by atoms with Crippen LogP contribution in [0.15, 0.2) is 17.0 Å². The van der Waals surface area contributed by atoms with Gasteiger partial charge in [-0.2, -0.15) is 0 Å². The summed E-state index contributed by atoms with van der Waals surface area (Å²) in [5.74, 6) is 0.398. The molecule has 0 saturated carbocycles. The second-order valence-electron chi connectivity index (χ2n) is 6.15. The molecule has 1 rings (SSSR count). The Morgan fingerprint density at radius 2 is 1.71 bits per heavy atom. The average molecular weight is 316 g/mol. The molecule has 6 heteroatoms. The third-order valence-electron chi connectivity index (χ3n) is 3.79. The molecular formula is C15H25FN2O2S. The monoisotopic (exact) mass is 316 g/mol. The van der Waals surface area contributed by atoms with Gasteiger partial charge in [0.15, 0.2) is 0 Å². The molecule has 0 amide bonds. The first-order valence-electron chi connectivity index (χ1n) is 7.11. The summed E-state index contributed by atoms with van der Waals surface area (Å²) in [6.45, 7) is 10.1. The first kappa shape index (κ1) is 17.9. The van der Waals surface area contributed by atoms with Gasteiger partial charge in [-0.1, -0.05) is 27.7 Å². The summed E-state index contributed by atoms with van der Waals surface area (Å²) in [6, 6.07) is 2.46. The Labute approximate surface area is 127 Å². The Kier molecular flexibility index (Phi) is 5.75. The van der Waals surface area contributed by atoms with Crippen LogP contribution in [0.1, 0.15) is 33.3 Å². The third kappa shape index (κ3) is 4.41. The van der Waals surface area contributed by atoms with E-state index in [2.05, 4.69) is 32.4 Å². The zero-order chi connectivity index (χ0) is 16.4. The topological polar surface area (TPSA) is 72.2 Å². The minimum Gasteiger partial charge on any atom is -0.396 e. The SMILES string of the molecule is Cc1cc(S(=O)(=O)NCC(C(C)C)C(C)C)cc(N)c1F. The molecule has 0 heterocycles. The van der Waals surface area contributed by atoms with Crippen LogP contribution < -0.4 is 10.5 Å². The van der Waals surface area contributed by atoms with Gasteiger partial charge in [0.2, 0.25) is 10.0 Å². The van der Waals surface area contributed by atoms with Gasteiger partial charge in [-0.05, 0) is 42.4 Å². The van der Waals surface area contributed by atoms with Crippen LogP contribution >= 0.6 is 0 Å². The maximum Gasteiger partial charge on any atom is 0.240 e. The van der Waals surface area contributed by atoms with E-state index >= 15 is 0 Å². The number of aryl methyl sites for hydroxylation is 1. The van der Waals surface area contributed by atoms with Gasteiger partial charge < -0.3 is 5.73 Å². The van der Waals surface area contributed by atoms with Gasteiger partial charge >= 0.3 is 0 Å². The number of nitrogens with two attached hydrogens (primary N) is 1. The van der Waals surface area contributed by atoms with Crippen molar-refractivity contribution in [1.82, 2.24) is 4.72 Å². The number of anilines is 1. The highest BCUT2D eigenvalue weighted by molar-refractivity contribution is 7.89. The van der Waals surface area contributed by atoms with E-state index < -0.39 is 15.8 Å². The van der Waals surface area contributed by atoms with Crippen molar-refractivity contribution < 1.29 is 12.8 Å². The highest BCUT2D eigenvalue weighted by Crippen LogP contribution is 2.23. The van der Waals surface area contributed by atoms with Crippen molar-refractivity contribution in [1.29, 1.82) is 0 Å². The molecule has 0 fully saturated rings. The largest absolute Gasteiger partial charge is 0.396 e. The van der Waals surface area contributed by atoms with Gasteiger partial charge in [0.25, 0.3) is 0 Å². The number of nitrogens with one attached hydrogen (secondary N) is 1. The van der Waals surface area contributed by atoms with Crippen molar-refractivity contribution in [3.63, 3.8) is 0 Å². The standard InChI is InChI=1S/C15H25FN2O2S/c1-9(2)13(10(3)4)8-18-21(19,20)12-6-11(5)15(16)14(17)7-12/h6-7,9-10,13,18H,8,17H2,1-5H3. The molecule has 0 saturated heterocycles. The summed E-state index contributed by atoms with van der Waals surface area (Å²) in [5, 5.41) is 0. The van der Waals surface area contributed by atoms with Gasteiger partial charge in [0, 0.05) is 6.54 Å². The molecule has 3 N–H and O–H groups in total. The summed E-state index contributed by atoms with van der Waals surface area (Å²) >= 11 is 0. The molecule has 0 unspecified atom stereocenters. The Balaban J connectivity index is 2.97. The lowest BCUT2D eigenvalue weighted by Crippen LogP contribution is -2.34. The van der Waals surface area contributed by atoms with Crippen LogP contribution in [0.3, 0.4) is 0 Å². The Bertz CT molecular complexity index is 567. The number of hydrogen-bond donors (Lipinski definition) is 2. The van der Waals surface area contributed by atoms with Crippen molar-refractivity contribution in [2.24, 2.45) is 17.8 Å². The summed E-state index contributed by atoms with van der Waals surface area (Å²) in [7, 11) is -3.68. The number of nitrogen functional groups attached to an aromatic ring is 1. The average Bonchev–Trinajstić information content (AvgIpc) is 2.34. The normalized spacial score (nSPS) is 12.6. The highest BCUT2D eigenvalue weighted by Gasteiger charge is 2.22. The van der Waals surface area contributed by atoms with E-state index in [0.717, 1.165) is 6.07 Å². The molecule has 1 aromatic carbocycles. The second-order valence-corrected chi connectivity index (χ2v) is 7.91. The zero-order valence-electron chi connectivity index (χ0n) is 13.3. The first-order valence-corrected chi connectivity index (χ1v) is 8.59. The maximum absolute atomic E-state index is 13.5. The molecule has 0 aromatic heterocycles. The van der Waals surface area contributed by atoms with Crippen molar-refractivity contribution >= 4 is 15.7 Å². The molecule has 1 aromatic rings. The van der Waals surface area contributed by atoms with E-state index in [1.165, 1.54) is 13.0 Å². The second kappa shape index (κ2) is 6.75. The Morgan fingerprint density at radius 3 is 2.14 bits per heavy atom. The van der Waals surface area contributed by atoms with Gasteiger partial charge in [-0.3, -0.25) is 0 Å². The van der Waals surface area contributed by atoms with Crippen LogP contribution in [0, 0.1) is 30.5 Å². The first-order chi connectivity index (χ1) is 9.56. The van der Waals surface area contributed by atoms with Crippen LogP contribution in [0.25, 0.3) is 0 Å². The Morgan fingerprint density at radius 1 is 1.19 bits per heavy atom. The predicted molar refractivity (Wildman–Crippen MR) is 83.9 cm³/mol. The van der Waals surface area contributed by atoms with Gasteiger partial charge in [-0.15, -0.1) is 0 Å². The number of sulfonamides is 1. The molecule has 0 aliphatic heterocycles. The predicted octanol–water partition coefficient (Wildman–Crippen LogP) is 2.92. The lowest BCUT2D eigenvalue weighted by atomic mass is 9.86. The van der Waals surface area contributed by atoms with Crippen LogP contribution in [0.5, 0.6) is 0 Å². The van der Waals surface area contributed by atoms with Gasteiger partial charge in [-0.25, -0.2) is 17.5 Å². The fourth-order valence-corrected chi connectivity index (χ4v) is 3.64. The summed E-state index contributed by atoms with van der Waals surface area (Å²) < 4.78 is 40.7. The molecule has 0 radical (unpaired) electrons. The fraction of sp³-hybridized carbons (Fsp3) is 0.600. The van der Waals surface area contributed by atoms with E-state index in [-0.39, 0.29) is 22.1 Å². The number of hydrogen-bond acceptors (Lipinski definition) is 3. The number of rotatable bonds is 6. The Hall–Kier alpha value is -1.14. The van der Waals surface area contributed by atoms with Crippen molar-refractivity contribution in [3.8, 4) is 0 Å². The lowest BCUT2D eigenvalue weighted by Gasteiger charge is -2.25. The van der Waals surface area contributed by atoms with Crippen LogP contribution in [-0.4, -0.2) is 15.0 Å². The van der Waals surface area contributed by atoms with Crippen molar-refractivity contribution in [2.75, 3.05) is 12.3 Å². The van der Waals surface area contributed by atoms with Gasteiger partial charge in [0.1, 0.15) is 5.82 Å². The fourth-order valence-electron chi connectivity index (χ4n) is 2.45. The van der Waals surface area contributed by atoms with Crippen LogP contribution in [-0.2, 0) is 10.0 Å².